The molecule has 1 atom stereocenters. The van der Waals surface area contributed by atoms with Crippen molar-refractivity contribution in [3.05, 3.63) is 56.7 Å². The molecule has 1 nitrogen and oxygen atoms in total. The van der Waals surface area contributed by atoms with Crippen LogP contribution in [0.15, 0.2) is 36.4 Å². The van der Waals surface area contributed by atoms with E-state index in [4.69, 9.17) is 11.6 Å². The van der Waals surface area contributed by atoms with Gasteiger partial charge in [-0.25, -0.2) is 0 Å². The second-order valence-corrected chi connectivity index (χ2v) is 6.67. The Balaban J connectivity index is 2.12. The highest BCUT2D eigenvalue weighted by molar-refractivity contribution is 7.11. The number of hydrogen-bond acceptors (Lipinski definition) is 2. The molecule has 3 heteroatoms. The predicted octanol–water partition coefficient (Wildman–Crippen LogP) is 5.25. The van der Waals surface area contributed by atoms with Gasteiger partial charge in [0, 0.05) is 27.2 Å². The van der Waals surface area contributed by atoms with E-state index in [-0.39, 0.29) is 0 Å². The third-order valence-corrected chi connectivity index (χ3v) is 4.89. The van der Waals surface area contributed by atoms with E-state index >= 15 is 0 Å². The Kier molecular flexibility index (Phi) is 6.08. The second-order valence-electron chi connectivity index (χ2n) is 4.98. The maximum atomic E-state index is 5.98. The van der Waals surface area contributed by atoms with Gasteiger partial charge in [-0.1, -0.05) is 37.6 Å². The minimum atomic E-state index is 0.371. The summed E-state index contributed by atoms with van der Waals surface area (Å²) in [6.07, 6.45) is 3.32. The SMILES string of the molecule is CCCNC(Cc1ccc(CC)s1)c1ccc(Cl)cc1. The Morgan fingerprint density at radius 2 is 1.75 bits per heavy atom. The number of benzene rings is 1. The molecule has 1 aromatic carbocycles. The van der Waals surface area contributed by atoms with Gasteiger partial charge in [-0.3, -0.25) is 0 Å². The lowest BCUT2D eigenvalue weighted by Crippen LogP contribution is -2.23. The Morgan fingerprint density at radius 1 is 1.05 bits per heavy atom. The van der Waals surface area contributed by atoms with E-state index in [0.29, 0.717) is 6.04 Å². The van der Waals surface area contributed by atoms with Crippen LogP contribution in [0, 0.1) is 0 Å². The molecule has 2 rings (SSSR count). The third-order valence-electron chi connectivity index (χ3n) is 3.38. The monoisotopic (exact) mass is 307 g/mol. The lowest BCUT2D eigenvalue weighted by molar-refractivity contribution is 0.532. The van der Waals surface area contributed by atoms with Crippen molar-refractivity contribution in [3.63, 3.8) is 0 Å². The number of rotatable bonds is 7. The van der Waals surface area contributed by atoms with Gasteiger partial charge in [-0.15, -0.1) is 11.3 Å². The fraction of sp³-hybridized carbons (Fsp3) is 0.412. The molecule has 0 fully saturated rings. The van der Waals surface area contributed by atoms with E-state index < -0.39 is 0 Å². The molecular formula is C17H22ClNS. The zero-order valence-electron chi connectivity index (χ0n) is 12.2. The van der Waals surface area contributed by atoms with Gasteiger partial charge >= 0.3 is 0 Å². The molecule has 1 heterocycles. The topological polar surface area (TPSA) is 12.0 Å². The molecule has 0 saturated heterocycles. The summed E-state index contributed by atoms with van der Waals surface area (Å²) in [7, 11) is 0. The van der Waals surface area contributed by atoms with E-state index in [1.54, 1.807) is 0 Å². The van der Waals surface area contributed by atoms with Crippen LogP contribution >= 0.6 is 22.9 Å². The fourth-order valence-corrected chi connectivity index (χ4v) is 3.37. The highest BCUT2D eigenvalue weighted by Crippen LogP contribution is 2.25. The molecule has 0 aliphatic rings. The number of nitrogens with one attached hydrogen (secondary N) is 1. The maximum Gasteiger partial charge on any atom is 0.0406 e. The summed E-state index contributed by atoms with van der Waals surface area (Å²) in [6.45, 7) is 5.45. The predicted molar refractivity (Wildman–Crippen MR) is 89.9 cm³/mol. The van der Waals surface area contributed by atoms with Crippen molar-refractivity contribution in [2.24, 2.45) is 0 Å². The zero-order valence-corrected chi connectivity index (χ0v) is 13.7. The van der Waals surface area contributed by atoms with Crippen molar-refractivity contribution in [3.8, 4) is 0 Å². The molecule has 1 aromatic heterocycles. The van der Waals surface area contributed by atoms with Gasteiger partial charge in [-0.05, 0) is 49.2 Å². The van der Waals surface area contributed by atoms with Crippen LogP contribution in [0.4, 0.5) is 0 Å². The van der Waals surface area contributed by atoms with Crippen LogP contribution in [0.5, 0.6) is 0 Å². The first kappa shape index (κ1) is 15.6. The second kappa shape index (κ2) is 7.82. The summed E-state index contributed by atoms with van der Waals surface area (Å²) in [5, 5.41) is 4.44. The van der Waals surface area contributed by atoms with Gasteiger partial charge in [0.2, 0.25) is 0 Å². The molecule has 0 aliphatic carbocycles. The van der Waals surface area contributed by atoms with Crippen LogP contribution in [-0.4, -0.2) is 6.54 Å². The van der Waals surface area contributed by atoms with Crippen LogP contribution in [0.2, 0.25) is 5.02 Å². The number of halogens is 1. The van der Waals surface area contributed by atoms with Gasteiger partial charge in [0.1, 0.15) is 0 Å². The van der Waals surface area contributed by atoms with E-state index in [1.807, 2.05) is 23.5 Å². The van der Waals surface area contributed by atoms with Crippen LogP contribution in [0.25, 0.3) is 0 Å². The van der Waals surface area contributed by atoms with Crippen molar-refractivity contribution in [2.75, 3.05) is 6.54 Å². The largest absolute Gasteiger partial charge is 0.310 e. The van der Waals surface area contributed by atoms with Crippen LogP contribution < -0.4 is 5.32 Å². The van der Waals surface area contributed by atoms with Crippen LogP contribution in [0.3, 0.4) is 0 Å². The van der Waals surface area contributed by atoms with E-state index in [0.717, 1.165) is 30.8 Å². The summed E-state index contributed by atoms with van der Waals surface area (Å²) < 4.78 is 0. The average Bonchev–Trinajstić information content (AvgIpc) is 2.92. The highest BCUT2D eigenvalue weighted by atomic mass is 35.5. The quantitative estimate of drug-likeness (QED) is 0.737. The van der Waals surface area contributed by atoms with E-state index in [2.05, 4.69) is 43.4 Å². The highest BCUT2D eigenvalue weighted by Gasteiger charge is 2.12. The van der Waals surface area contributed by atoms with Crippen molar-refractivity contribution >= 4 is 22.9 Å². The molecule has 0 spiro atoms. The molecule has 0 amide bonds. The maximum absolute atomic E-state index is 5.98. The normalized spacial score (nSPS) is 12.6. The average molecular weight is 308 g/mol. The smallest absolute Gasteiger partial charge is 0.0406 e. The molecule has 20 heavy (non-hydrogen) atoms. The van der Waals surface area contributed by atoms with Crippen molar-refractivity contribution in [1.29, 1.82) is 0 Å². The molecule has 0 saturated carbocycles. The first-order valence-corrected chi connectivity index (χ1v) is 8.48. The fourth-order valence-electron chi connectivity index (χ4n) is 2.24. The van der Waals surface area contributed by atoms with Crippen molar-refractivity contribution in [2.45, 2.75) is 39.2 Å². The summed E-state index contributed by atoms with van der Waals surface area (Å²) in [5.74, 6) is 0. The lowest BCUT2D eigenvalue weighted by atomic mass is 10.0. The number of thiophene rings is 1. The first-order valence-electron chi connectivity index (χ1n) is 7.29. The Bertz CT molecular complexity index is 518. The third kappa shape index (κ3) is 4.34. The van der Waals surface area contributed by atoms with Crippen molar-refractivity contribution in [1.82, 2.24) is 5.32 Å². The molecule has 2 aromatic rings. The number of hydrogen-bond donors (Lipinski definition) is 1. The summed E-state index contributed by atoms with van der Waals surface area (Å²) in [5.41, 5.74) is 1.31. The zero-order chi connectivity index (χ0) is 14.4. The van der Waals surface area contributed by atoms with Crippen LogP contribution in [-0.2, 0) is 12.8 Å². The summed E-state index contributed by atoms with van der Waals surface area (Å²) >= 11 is 7.91. The van der Waals surface area contributed by atoms with E-state index in [1.165, 1.54) is 15.3 Å². The summed E-state index contributed by atoms with van der Waals surface area (Å²) in [4.78, 5) is 2.91. The number of aryl methyl sites for hydroxylation is 1. The molecule has 108 valence electrons. The lowest BCUT2D eigenvalue weighted by Gasteiger charge is -2.18. The Labute approximate surface area is 131 Å². The van der Waals surface area contributed by atoms with Gasteiger partial charge in [0.15, 0.2) is 0 Å². The van der Waals surface area contributed by atoms with Gasteiger partial charge in [0.25, 0.3) is 0 Å². The Hall–Kier alpha value is -0.830. The van der Waals surface area contributed by atoms with Crippen LogP contribution in [0.1, 0.15) is 41.6 Å². The molecule has 1 N–H and O–H groups in total. The van der Waals surface area contributed by atoms with E-state index in [9.17, 15) is 0 Å². The van der Waals surface area contributed by atoms with Gasteiger partial charge in [0.05, 0.1) is 0 Å². The summed E-state index contributed by atoms with van der Waals surface area (Å²) in [6, 6.07) is 13.1. The van der Waals surface area contributed by atoms with Crippen molar-refractivity contribution < 1.29 is 0 Å². The first-order chi connectivity index (χ1) is 9.72. The van der Waals surface area contributed by atoms with Gasteiger partial charge in [-0.2, -0.15) is 0 Å². The Morgan fingerprint density at radius 3 is 2.35 bits per heavy atom. The standard InChI is InChI=1S/C17H22ClNS/c1-3-11-19-17(13-5-7-14(18)8-6-13)12-16-10-9-15(4-2)20-16/h5-10,17,19H,3-4,11-12H2,1-2H3. The molecule has 0 radical (unpaired) electrons. The molecular weight excluding hydrogens is 286 g/mol. The molecule has 0 aliphatic heterocycles. The van der Waals surface area contributed by atoms with Gasteiger partial charge < -0.3 is 5.32 Å². The molecule has 0 bridgehead atoms. The molecule has 1 unspecified atom stereocenters. The minimum absolute atomic E-state index is 0.371. The minimum Gasteiger partial charge on any atom is -0.310 e.